The van der Waals surface area contributed by atoms with Crippen LogP contribution >= 0.6 is 0 Å². The smallest absolute Gasteiger partial charge is 0.0590 e. The summed E-state index contributed by atoms with van der Waals surface area (Å²) in [7, 11) is 1.83. The van der Waals surface area contributed by atoms with Gasteiger partial charge in [-0.2, -0.15) is 0 Å². The molecule has 1 aliphatic rings. The summed E-state index contributed by atoms with van der Waals surface area (Å²) in [6.07, 6.45) is 6.40. The van der Waals surface area contributed by atoms with Gasteiger partial charge in [-0.05, 0) is 50.2 Å². The first-order valence-corrected chi connectivity index (χ1v) is 7.12. The zero-order valence-corrected chi connectivity index (χ0v) is 11.8. The molecule has 1 aliphatic carbocycles. The number of para-hydroxylation sites is 1. The molecule has 0 heterocycles. The van der Waals surface area contributed by atoms with E-state index in [0.29, 0.717) is 12.1 Å². The average Bonchev–Trinajstić information content (AvgIpc) is 2.41. The molecule has 1 fully saturated rings. The highest BCUT2D eigenvalue weighted by Crippen LogP contribution is 2.27. The van der Waals surface area contributed by atoms with Crippen molar-refractivity contribution in [1.82, 2.24) is 0 Å². The van der Waals surface area contributed by atoms with Gasteiger partial charge in [0.2, 0.25) is 0 Å². The first kappa shape index (κ1) is 13.4. The highest BCUT2D eigenvalue weighted by molar-refractivity contribution is 5.57. The van der Waals surface area contributed by atoms with Gasteiger partial charge in [0, 0.05) is 18.8 Å². The minimum absolute atomic E-state index is 0.436. The van der Waals surface area contributed by atoms with Crippen LogP contribution in [-0.2, 0) is 11.2 Å². The number of rotatable bonds is 4. The lowest BCUT2D eigenvalue weighted by Gasteiger charge is -2.30. The predicted molar refractivity (Wildman–Crippen MR) is 77.2 cm³/mol. The van der Waals surface area contributed by atoms with E-state index in [-0.39, 0.29) is 0 Å². The molecule has 2 atom stereocenters. The molecule has 0 spiro atoms. The van der Waals surface area contributed by atoms with Crippen LogP contribution in [0, 0.1) is 6.92 Å². The number of nitrogens with one attached hydrogen (secondary N) is 1. The quantitative estimate of drug-likeness (QED) is 0.870. The van der Waals surface area contributed by atoms with Crippen molar-refractivity contribution in [3.8, 4) is 0 Å². The minimum atomic E-state index is 0.436. The molecule has 2 unspecified atom stereocenters. The average molecular weight is 247 g/mol. The first-order chi connectivity index (χ1) is 8.74. The van der Waals surface area contributed by atoms with Crippen molar-refractivity contribution < 1.29 is 4.74 Å². The van der Waals surface area contributed by atoms with Gasteiger partial charge >= 0.3 is 0 Å². The van der Waals surface area contributed by atoms with E-state index < -0.39 is 0 Å². The summed E-state index contributed by atoms with van der Waals surface area (Å²) in [6, 6.07) is 7.14. The third-order valence-corrected chi connectivity index (χ3v) is 4.05. The molecule has 2 nitrogen and oxygen atoms in total. The molecule has 0 aliphatic heterocycles. The van der Waals surface area contributed by atoms with Crippen LogP contribution in [0.2, 0.25) is 0 Å². The van der Waals surface area contributed by atoms with E-state index in [4.69, 9.17) is 4.74 Å². The maximum Gasteiger partial charge on any atom is 0.0590 e. The van der Waals surface area contributed by atoms with Crippen molar-refractivity contribution >= 4 is 5.69 Å². The predicted octanol–water partition coefficient (Wildman–Crippen LogP) is 3.93. The number of anilines is 1. The fourth-order valence-electron chi connectivity index (χ4n) is 2.92. The number of methoxy groups -OCH3 is 1. The van der Waals surface area contributed by atoms with Crippen LogP contribution in [0.1, 0.15) is 43.7 Å². The van der Waals surface area contributed by atoms with Crippen molar-refractivity contribution in [3.05, 3.63) is 29.3 Å². The topological polar surface area (TPSA) is 21.3 Å². The summed E-state index contributed by atoms with van der Waals surface area (Å²) in [5.41, 5.74) is 4.13. The number of benzene rings is 1. The SMILES string of the molecule is CCc1cccc(C)c1NC1CCCC(OC)C1. The summed E-state index contributed by atoms with van der Waals surface area (Å²) in [4.78, 5) is 0. The molecular formula is C16H25NO. The number of ether oxygens (including phenoxy) is 1. The molecule has 0 saturated heterocycles. The Balaban J connectivity index is 2.09. The molecule has 1 N–H and O–H groups in total. The van der Waals surface area contributed by atoms with E-state index in [1.54, 1.807) is 0 Å². The molecule has 18 heavy (non-hydrogen) atoms. The maximum atomic E-state index is 5.51. The molecule has 1 aromatic rings. The molecule has 0 aromatic heterocycles. The minimum Gasteiger partial charge on any atom is -0.382 e. The maximum absolute atomic E-state index is 5.51. The molecule has 1 saturated carbocycles. The molecule has 100 valence electrons. The van der Waals surface area contributed by atoms with Gasteiger partial charge in [0.05, 0.1) is 6.10 Å². The van der Waals surface area contributed by atoms with Crippen LogP contribution in [0.3, 0.4) is 0 Å². The molecule has 2 rings (SSSR count). The lowest BCUT2D eigenvalue weighted by atomic mass is 9.92. The monoisotopic (exact) mass is 247 g/mol. The van der Waals surface area contributed by atoms with E-state index in [1.807, 2.05) is 7.11 Å². The second-order valence-electron chi connectivity index (χ2n) is 5.33. The highest BCUT2D eigenvalue weighted by Gasteiger charge is 2.22. The van der Waals surface area contributed by atoms with Gasteiger partial charge in [-0.15, -0.1) is 0 Å². The Labute approximate surface area is 111 Å². The van der Waals surface area contributed by atoms with E-state index in [9.17, 15) is 0 Å². The van der Waals surface area contributed by atoms with Crippen LogP contribution in [0.15, 0.2) is 18.2 Å². The summed E-state index contributed by atoms with van der Waals surface area (Å²) in [5, 5.41) is 3.75. The molecule has 0 radical (unpaired) electrons. The summed E-state index contributed by atoms with van der Waals surface area (Å²) < 4.78 is 5.51. The number of aryl methyl sites for hydroxylation is 2. The Kier molecular flexibility index (Phi) is 4.65. The standard InChI is InChI=1S/C16H25NO/c1-4-13-8-5-7-12(2)16(13)17-14-9-6-10-15(11-14)18-3/h5,7-8,14-15,17H,4,6,9-11H2,1-3H3. The summed E-state index contributed by atoms with van der Waals surface area (Å²) >= 11 is 0. The largest absolute Gasteiger partial charge is 0.382 e. The van der Waals surface area contributed by atoms with Crippen molar-refractivity contribution in [1.29, 1.82) is 0 Å². The van der Waals surface area contributed by atoms with Crippen LogP contribution < -0.4 is 5.32 Å². The Morgan fingerprint density at radius 2 is 2.17 bits per heavy atom. The van der Waals surface area contributed by atoms with Crippen molar-refractivity contribution in [3.63, 3.8) is 0 Å². The van der Waals surface area contributed by atoms with Crippen LogP contribution in [0.25, 0.3) is 0 Å². The van der Waals surface area contributed by atoms with Crippen LogP contribution in [0.4, 0.5) is 5.69 Å². The number of hydrogen-bond donors (Lipinski definition) is 1. The van der Waals surface area contributed by atoms with Crippen LogP contribution in [-0.4, -0.2) is 19.3 Å². The van der Waals surface area contributed by atoms with Gasteiger partial charge in [-0.25, -0.2) is 0 Å². The zero-order chi connectivity index (χ0) is 13.0. The molecular weight excluding hydrogens is 222 g/mol. The van der Waals surface area contributed by atoms with Crippen molar-refractivity contribution in [2.45, 2.75) is 58.1 Å². The summed E-state index contributed by atoms with van der Waals surface area (Å²) in [6.45, 7) is 4.41. The Bertz CT molecular complexity index is 389. The Hall–Kier alpha value is -1.02. The van der Waals surface area contributed by atoms with Gasteiger partial charge in [-0.1, -0.05) is 25.1 Å². The molecule has 2 heteroatoms. The molecule has 0 bridgehead atoms. The second-order valence-corrected chi connectivity index (χ2v) is 5.33. The van der Waals surface area contributed by atoms with E-state index in [2.05, 4.69) is 37.4 Å². The van der Waals surface area contributed by atoms with E-state index in [0.717, 1.165) is 12.8 Å². The normalized spacial score (nSPS) is 23.9. The van der Waals surface area contributed by atoms with Gasteiger partial charge < -0.3 is 10.1 Å². The zero-order valence-electron chi connectivity index (χ0n) is 11.8. The van der Waals surface area contributed by atoms with Crippen molar-refractivity contribution in [2.75, 3.05) is 12.4 Å². The third kappa shape index (κ3) is 3.05. The Morgan fingerprint density at radius 1 is 1.33 bits per heavy atom. The summed E-state index contributed by atoms with van der Waals surface area (Å²) in [5.74, 6) is 0. The van der Waals surface area contributed by atoms with Gasteiger partial charge in [0.25, 0.3) is 0 Å². The fourth-order valence-corrected chi connectivity index (χ4v) is 2.92. The van der Waals surface area contributed by atoms with Gasteiger partial charge in [0.15, 0.2) is 0 Å². The molecule has 0 amide bonds. The van der Waals surface area contributed by atoms with Crippen LogP contribution in [0.5, 0.6) is 0 Å². The number of hydrogen-bond acceptors (Lipinski definition) is 2. The van der Waals surface area contributed by atoms with Gasteiger partial charge in [0.1, 0.15) is 0 Å². The van der Waals surface area contributed by atoms with Gasteiger partial charge in [-0.3, -0.25) is 0 Å². The second kappa shape index (κ2) is 6.24. The highest BCUT2D eigenvalue weighted by atomic mass is 16.5. The first-order valence-electron chi connectivity index (χ1n) is 7.12. The lowest BCUT2D eigenvalue weighted by Crippen LogP contribution is -2.31. The fraction of sp³-hybridized carbons (Fsp3) is 0.625. The lowest BCUT2D eigenvalue weighted by molar-refractivity contribution is 0.0669. The van der Waals surface area contributed by atoms with Crippen molar-refractivity contribution in [2.24, 2.45) is 0 Å². The Morgan fingerprint density at radius 3 is 2.89 bits per heavy atom. The van der Waals surface area contributed by atoms with E-state index >= 15 is 0 Å². The molecule has 1 aromatic carbocycles. The third-order valence-electron chi connectivity index (χ3n) is 4.05. The van der Waals surface area contributed by atoms with E-state index in [1.165, 1.54) is 36.1 Å².